The minimum Gasteiger partial charge on any atom is -0.378 e. The topological polar surface area (TPSA) is 49.6 Å². The van der Waals surface area contributed by atoms with Gasteiger partial charge in [0, 0.05) is 38.9 Å². The summed E-state index contributed by atoms with van der Waals surface area (Å²) in [6.07, 6.45) is 2.05. The molecule has 0 bridgehead atoms. The van der Waals surface area contributed by atoms with Crippen molar-refractivity contribution in [3.63, 3.8) is 0 Å². The van der Waals surface area contributed by atoms with E-state index in [1.807, 2.05) is 19.0 Å². The number of hydrogen-bond acceptors (Lipinski definition) is 3. The molecular formula is C15H23N3O. The molecule has 4 nitrogen and oxygen atoms in total. The lowest BCUT2D eigenvalue weighted by molar-refractivity contribution is -0.116. The summed E-state index contributed by atoms with van der Waals surface area (Å²) in [5.74, 6) is 0.454. The number of anilines is 2. The van der Waals surface area contributed by atoms with Crippen LogP contribution in [0, 0.1) is 0 Å². The van der Waals surface area contributed by atoms with Crippen molar-refractivity contribution in [3.05, 3.63) is 23.8 Å². The molecule has 0 spiro atoms. The van der Waals surface area contributed by atoms with Gasteiger partial charge in [-0.2, -0.15) is 0 Å². The van der Waals surface area contributed by atoms with Crippen LogP contribution in [0.25, 0.3) is 0 Å². The number of hydrogen-bond donors (Lipinski definition) is 1. The quantitative estimate of drug-likeness (QED) is 0.885. The second kappa shape index (κ2) is 5.61. The van der Waals surface area contributed by atoms with Gasteiger partial charge in [-0.1, -0.05) is 0 Å². The van der Waals surface area contributed by atoms with Gasteiger partial charge < -0.3 is 15.5 Å². The number of carbonyl (C=O) groups excluding carboxylic acids is 1. The van der Waals surface area contributed by atoms with E-state index in [0.29, 0.717) is 12.5 Å². The predicted octanol–water partition coefficient (Wildman–Crippen LogP) is 1.94. The number of nitrogens with two attached hydrogens (primary N) is 1. The zero-order valence-corrected chi connectivity index (χ0v) is 12.0. The van der Waals surface area contributed by atoms with Gasteiger partial charge in [0.25, 0.3) is 0 Å². The molecule has 0 radical (unpaired) electrons. The molecule has 4 heteroatoms. The van der Waals surface area contributed by atoms with Crippen molar-refractivity contribution in [1.29, 1.82) is 0 Å². The van der Waals surface area contributed by atoms with Crippen LogP contribution in [0.2, 0.25) is 0 Å². The summed E-state index contributed by atoms with van der Waals surface area (Å²) >= 11 is 0. The van der Waals surface area contributed by atoms with Crippen LogP contribution < -0.4 is 15.5 Å². The fourth-order valence-corrected chi connectivity index (χ4v) is 2.74. The van der Waals surface area contributed by atoms with Gasteiger partial charge in [0.1, 0.15) is 0 Å². The van der Waals surface area contributed by atoms with Crippen molar-refractivity contribution in [1.82, 2.24) is 0 Å². The second-order valence-corrected chi connectivity index (χ2v) is 5.38. The Labute approximate surface area is 115 Å². The van der Waals surface area contributed by atoms with Crippen molar-refractivity contribution in [2.45, 2.75) is 25.7 Å². The van der Waals surface area contributed by atoms with Crippen LogP contribution in [0.5, 0.6) is 0 Å². The molecule has 0 saturated heterocycles. The Hall–Kier alpha value is -1.55. The molecule has 0 saturated carbocycles. The number of carbonyl (C=O) groups is 1. The summed E-state index contributed by atoms with van der Waals surface area (Å²) in [7, 11) is 4.05. The molecule has 2 rings (SSSR count). The van der Waals surface area contributed by atoms with Crippen molar-refractivity contribution in [2.24, 2.45) is 5.73 Å². The maximum Gasteiger partial charge on any atom is 0.223 e. The van der Waals surface area contributed by atoms with Crippen LogP contribution in [-0.2, 0) is 4.79 Å². The lowest BCUT2D eigenvalue weighted by Gasteiger charge is -2.24. The third kappa shape index (κ3) is 2.73. The van der Waals surface area contributed by atoms with E-state index in [2.05, 4.69) is 23.1 Å². The van der Waals surface area contributed by atoms with Gasteiger partial charge in [0.2, 0.25) is 5.91 Å². The Morgan fingerprint density at radius 3 is 2.79 bits per heavy atom. The number of benzene rings is 1. The number of rotatable bonds is 2. The number of amides is 1. The van der Waals surface area contributed by atoms with E-state index in [9.17, 15) is 4.79 Å². The van der Waals surface area contributed by atoms with Gasteiger partial charge in [-0.15, -0.1) is 0 Å². The van der Waals surface area contributed by atoms with E-state index in [0.717, 1.165) is 30.8 Å². The van der Waals surface area contributed by atoms with Crippen molar-refractivity contribution >= 4 is 17.3 Å². The zero-order valence-electron chi connectivity index (χ0n) is 12.0. The molecule has 19 heavy (non-hydrogen) atoms. The van der Waals surface area contributed by atoms with Gasteiger partial charge in [-0.3, -0.25) is 4.79 Å². The van der Waals surface area contributed by atoms with Crippen LogP contribution in [0.3, 0.4) is 0 Å². The molecule has 1 atom stereocenters. The maximum absolute atomic E-state index is 11.8. The van der Waals surface area contributed by atoms with Gasteiger partial charge >= 0.3 is 0 Å². The van der Waals surface area contributed by atoms with Gasteiger partial charge in [-0.05, 0) is 49.1 Å². The molecule has 1 unspecified atom stereocenters. The van der Waals surface area contributed by atoms with E-state index < -0.39 is 0 Å². The lowest BCUT2D eigenvalue weighted by Crippen LogP contribution is -2.29. The molecule has 104 valence electrons. The van der Waals surface area contributed by atoms with E-state index in [1.165, 1.54) is 5.56 Å². The van der Waals surface area contributed by atoms with Gasteiger partial charge in [0.15, 0.2) is 0 Å². The van der Waals surface area contributed by atoms with E-state index >= 15 is 0 Å². The summed E-state index contributed by atoms with van der Waals surface area (Å²) in [5, 5.41) is 0. The summed E-state index contributed by atoms with van der Waals surface area (Å²) in [6.45, 7) is 3.06. The smallest absolute Gasteiger partial charge is 0.223 e. The Bertz CT molecular complexity index is 470. The number of nitrogens with zero attached hydrogens (tertiary/aromatic N) is 2. The van der Waals surface area contributed by atoms with Gasteiger partial charge in [-0.25, -0.2) is 0 Å². The maximum atomic E-state index is 11.8. The summed E-state index contributed by atoms with van der Waals surface area (Å²) in [6, 6.07) is 6.29. The Morgan fingerprint density at radius 2 is 2.21 bits per heavy atom. The van der Waals surface area contributed by atoms with Crippen LogP contribution >= 0.6 is 0 Å². The minimum absolute atomic E-state index is 0.108. The minimum atomic E-state index is 0.108. The van der Waals surface area contributed by atoms with E-state index in [4.69, 9.17) is 5.73 Å². The monoisotopic (exact) mass is 261 g/mol. The Morgan fingerprint density at radius 1 is 1.47 bits per heavy atom. The molecular weight excluding hydrogens is 238 g/mol. The fourth-order valence-electron chi connectivity index (χ4n) is 2.74. The highest BCUT2D eigenvalue weighted by Gasteiger charge is 2.24. The van der Waals surface area contributed by atoms with E-state index in [-0.39, 0.29) is 5.91 Å². The third-order valence-electron chi connectivity index (χ3n) is 3.86. The standard InChI is InChI=1S/C15H23N3O/c1-11(19)18-8-4-5-12(10-16)14-9-13(17(2)3)6-7-15(14)18/h6-7,9,12H,4-5,8,10,16H2,1-3H3. The van der Waals surface area contributed by atoms with E-state index in [1.54, 1.807) is 6.92 Å². The van der Waals surface area contributed by atoms with Crippen LogP contribution in [0.1, 0.15) is 31.2 Å². The largest absolute Gasteiger partial charge is 0.378 e. The Balaban J connectivity index is 2.52. The zero-order chi connectivity index (χ0) is 14.0. The molecule has 1 amide bonds. The molecule has 0 aliphatic carbocycles. The SMILES string of the molecule is CC(=O)N1CCCC(CN)c2cc(N(C)C)ccc21. The van der Waals surface area contributed by atoms with Crippen molar-refractivity contribution in [3.8, 4) is 0 Å². The molecule has 2 N–H and O–H groups in total. The van der Waals surface area contributed by atoms with Crippen LogP contribution in [0.15, 0.2) is 18.2 Å². The highest BCUT2D eigenvalue weighted by Crippen LogP contribution is 2.36. The highest BCUT2D eigenvalue weighted by molar-refractivity contribution is 5.93. The summed E-state index contributed by atoms with van der Waals surface area (Å²) in [5.41, 5.74) is 9.32. The molecule has 1 heterocycles. The predicted molar refractivity (Wildman–Crippen MR) is 79.8 cm³/mol. The first kappa shape index (κ1) is 13.9. The lowest BCUT2D eigenvalue weighted by atomic mass is 9.93. The van der Waals surface area contributed by atoms with Gasteiger partial charge in [0.05, 0.1) is 0 Å². The van der Waals surface area contributed by atoms with Crippen molar-refractivity contribution in [2.75, 3.05) is 37.0 Å². The first-order valence-electron chi connectivity index (χ1n) is 6.84. The highest BCUT2D eigenvalue weighted by atomic mass is 16.2. The molecule has 1 aliphatic heterocycles. The molecule has 0 fully saturated rings. The normalized spacial score (nSPS) is 18.7. The average molecular weight is 261 g/mol. The third-order valence-corrected chi connectivity index (χ3v) is 3.86. The summed E-state index contributed by atoms with van der Waals surface area (Å²) in [4.78, 5) is 15.8. The molecule has 1 aromatic carbocycles. The first-order valence-corrected chi connectivity index (χ1v) is 6.84. The molecule has 0 aromatic heterocycles. The number of fused-ring (bicyclic) bond motifs is 1. The summed E-state index contributed by atoms with van der Waals surface area (Å²) < 4.78 is 0. The average Bonchev–Trinajstić information content (AvgIpc) is 2.56. The Kier molecular flexibility index (Phi) is 4.10. The molecule has 1 aliphatic rings. The fraction of sp³-hybridized carbons (Fsp3) is 0.533. The first-order chi connectivity index (χ1) is 9.04. The van der Waals surface area contributed by atoms with Crippen LogP contribution in [-0.4, -0.2) is 33.1 Å². The van der Waals surface area contributed by atoms with Crippen molar-refractivity contribution < 1.29 is 4.79 Å². The molecule has 1 aromatic rings. The van der Waals surface area contributed by atoms with Crippen LogP contribution in [0.4, 0.5) is 11.4 Å². The second-order valence-electron chi connectivity index (χ2n) is 5.38.